The van der Waals surface area contributed by atoms with Gasteiger partial charge in [0.1, 0.15) is 0 Å². The predicted octanol–water partition coefficient (Wildman–Crippen LogP) is 1.87. The van der Waals surface area contributed by atoms with Crippen LogP contribution >= 0.6 is 0 Å². The lowest BCUT2D eigenvalue weighted by molar-refractivity contribution is -0.117. The standard InChI is InChI=1S/C15H25N3O2/c1-4-18(8-9-20-5-2)11-15(19)17-13-7-6-12(3)14(16)10-13/h6-7,10H,4-5,8-9,11,16H2,1-3H3,(H,17,19). The summed E-state index contributed by atoms with van der Waals surface area (Å²) in [6, 6.07) is 5.54. The quantitative estimate of drug-likeness (QED) is 0.563. The van der Waals surface area contributed by atoms with Crippen molar-refractivity contribution in [3.63, 3.8) is 0 Å². The Kier molecular flexibility index (Phi) is 7.04. The number of aryl methyl sites for hydroxylation is 1. The summed E-state index contributed by atoms with van der Waals surface area (Å²) in [5.41, 5.74) is 8.26. The van der Waals surface area contributed by atoms with E-state index in [0.717, 1.165) is 24.3 Å². The second kappa shape index (κ2) is 8.55. The number of rotatable bonds is 8. The average Bonchev–Trinajstić information content (AvgIpc) is 2.42. The van der Waals surface area contributed by atoms with Crippen molar-refractivity contribution in [2.45, 2.75) is 20.8 Å². The number of nitrogens with one attached hydrogen (secondary N) is 1. The number of hydrogen-bond acceptors (Lipinski definition) is 4. The third-order valence-electron chi connectivity index (χ3n) is 3.13. The van der Waals surface area contributed by atoms with E-state index < -0.39 is 0 Å². The summed E-state index contributed by atoms with van der Waals surface area (Å²) < 4.78 is 5.30. The third-order valence-corrected chi connectivity index (χ3v) is 3.13. The fourth-order valence-corrected chi connectivity index (χ4v) is 1.81. The van der Waals surface area contributed by atoms with Crippen LogP contribution in [-0.2, 0) is 9.53 Å². The largest absolute Gasteiger partial charge is 0.398 e. The number of nitrogens with two attached hydrogens (primary N) is 1. The molecule has 0 fully saturated rings. The fourth-order valence-electron chi connectivity index (χ4n) is 1.81. The van der Waals surface area contributed by atoms with Gasteiger partial charge in [-0.25, -0.2) is 0 Å². The number of carbonyl (C=O) groups excluding carboxylic acids is 1. The van der Waals surface area contributed by atoms with Gasteiger partial charge < -0.3 is 15.8 Å². The van der Waals surface area contributed by atoms with Crippen LogP contribution in [0.15, 0.2) is 18.2 Å². The number of likely N-dealkylation sites (N-methyl/N-ethyl adjacent to an activating group) is 1. The molecule has 0 radical (unpaired) electrons. The maximum Gasteiger partial charge on any atom is 0.238 e. The van der Waals surface area contributed by atoms with Crippen LogP contribution in [0.1, 0.15) is 19.4 Å². The van der Waals surface area contributed by atoms with Crippen molar-refractivity contribution < 1.29 is 9.53 Å². The van der Waals surface area contributed by atoms with Crippen LogP contribution in [0, 0.1) is 6.92 Å². The molecule has 0 unspecified atom stereocenters. The minimum absolute atomic E-state index is 0.0356. The van der Waals surface area contributed by atoms with Crippen molar-refractivity contribution in [2.24, 2.45) is 0 Å². The van der Waals surface area contributed by atoms with Crippen molar-refractivity contribution in [1.29, 1.82) is 0 Å². The van der Waals surface area contributed by atoms with E-state index in [2.05, 4.69) is 5.32 Å². The molecule has 0 saturated heterocycles. The van der Waals surface area contributed by atoms with Crippen molar-refractivity contribution in [1.82, 2.24) is 4.90 Å². The highest BCUT2D eigenvalue weighted by atomic mass is 16.5. The Labute approximate surface area is 121 Å². The summed E-state index contributed by atoms with van der Waals surface area (Å²) in [6.07, 6.45) is 0. The number of nitrogens with zero attached hydrogens (tertiary/aromatic N) is 1. The molecule has 0 saturated carbocycles. The van der Waals surface area contributed by atoms with Crippen LogP contribution in [-0.4, -0.2) is 43.7 Å². The Morgan fingerprint density at radius 2 is 2.15 bits per heavy atom. The van der Waals surface area contributed by atoms with Crippen LogP contribution < -0.4 is 11.1 Å². The minimum atomic E-state index is -0.0356. The SMILES string of the molecule is CCOCCN(CC)CC(=O)Nc1ccc(C)c(N)c1. The van der Waals surface area contributed by atoms with E-state index in [0.29, 0.717) is 25.4 Å². The van der Waals surface area contributed by atoms with E-state index in [-0.39, 0.29) is 5.91 Å². The molecule has 112 valence electrons. The Hall–Kier alpha value is -1.59. The van der Waals surface area contributed by atoms with Crippen LogP contribution in [0.3, 0.4) is 0 Å². The molecule has 1 aromatic carbocycles. The fraction of sp³-hybridized carbons (Fsp3) is 0.533. The van der Waals surface area contributed by atoms with Crippen LogP contribution in [0.2, 0.25) is 0 Å². The Balaban J connectivity index is 2.46. The van der Waals surface area contributed by atoms with Gasteiger partial charge in [0.2, 0.25) is 5.91 Å². The zero-order chi connectivity index (χ0) is 15.0. The molecule has 0 aliphatic rings. The van der Waals surface area contributed by atoms with Gasteiger partial charge in [0.15, 0.2) is 0 Å². The van der Waals surface area contributed by atoms with Crippen LogP contribution in [0.25, 0.3) is 0 Å². The normalized spacial score (nSPS) is 10.8. The summed E-state index contributed by atoms with van der Waals surface area (Å²) in [5, 5.41) is 2.86. The highest BCUT2D eigenvalue weighted by Gasteiger charge is 2.09. The van der Waals surface area contributed by atoms with E-state index in [9.17, 15) is 4.79 Å². The number of anilines is 2. The lowest BCUT2D eigenvalue weighted by Crippen LogP contribution is -2.35. The van der Waals surface area contributed by atoms with Gasteiger partial charge in [-0.3, -0.25) is 9.69 Å². The molecule has 0 heterocycles. The van der Waals surface area contributed by atoms with E-state index in [4.69, 9.17) is 10.5 Å². The highest BCUT2D eigenvalue weighted by molar-refractivity contribution is 5.92. The molecular formula is C15H25N3O2. The molecule has 0 spiro atoms. The first kappa shape index (κ1) is 16.5. The average molecular weight is 279 g/mol. The highest BCUT2D eigenvalue weighted by Crippen LogP contribution is 2.16. The number of carbonyl (C=O) groups is 1. The number of ether oxygens (including phenoxy) is 1. The van der Waals surface area contributed by atoms with Gasteiger partial charge in [-0.1, -0.05) is 13.0 Å². The second-order valence-electron chi connectivity index (χ2n) is 4.69. The molecule has 0 aliphatic carbocycles. The molecule has 0 atom stereocenters. The molecule has 1 amide bonds. The van der Waals surface area contributed by atoms with E-state index >= 15 is 0 Å². The monoisotopic (exact) mass is 279 g/mol. The van der Waals surface area contributed by atoms with Crippen molar-refractivity contribution >= 4 is 17.3 Å². The molecule has 5 heteroatoms. The van der Waals surface area contributed by atoms with E-state index in [1.807, 2.05) is 37.8 Å². The zero-order valence-corrected chi connectivity index (χ0v) is 12.6. The molecule has 1 aromatic rings. The predicted molar refractivity (Wildman–Crippen MR) is 82.8 cm³/mol. The van der Waals surface area contributed by atoms with Gasteiger partial charge in [0.25, 0.3) is 0 Å². The van der Waals surface area contributed by atoms with Crippen LogP contribution in [0.5, 0.6) is 0 Å². The maximum absolute atomic E-state index is 12.0. The molecule has 20 heavy (non-hydrogen) atoms. The van der Waals surface area contributed by atoms with E-state index in [1.165, 1.54) is 0 Å². The Morgan fingerprint density at radius 1 is 1.40 bits per heavy atom. The Morgan fingerprint density at radius 3 is 2.75 bits per heavy atom. The molecule has 1 rings (SSSR count). The Bertz CT molecular complexity index is 435. The molecule has 0 bridgehead atoms. The first-order valence-electron chi connectivity index (χ1n) is 7.02. The van der Waals surface area contributed by atoms with E-state index in [1.54, 1.807) is 6.07 Å². The molecule has 0 aromatic heterocycles. The summed E-state index contributed by atoms with van der Waals surface area (Å²) in [6.45, 7) is 9.21. The van der Waals surface area contributed by atoms with Gasteiger partial charge in [-0.05, 0) is 38.1 Å². The number of amides is 1. The van der Waals surface area contributed by atoms with Gasteiger partial charge in [0, 0.05) is 24.5 Å². The van der Waals surface area contributed by atoms with Crippen molar-refractivity contribution in [2.75, 3.05) is 43.9 Å². The smallest absolute Gasteiger partial charge is 0.238 e. The first-order valence-corrected chi connectivity index (χ1v) is 7.02. The molecule has 0 aliphatic heterocycles. The van der Waals surface area contributed by atoms with Gasteiger partial charge in [-0.15, -0.1) is 0 Å². The topological polar surface area (TPSA) is 67.6 Å². The number of nitrogen functional groups attached to an aromatic ring is 1. The number of benzene rings is 1. The lowest BCUT2D eigenvalue weighted by Gasteiger charge is -2.19. The molecular weight excluding hydrogens is 254 g/mol. The first-order chi connectivity index (χ1) is 9.56. The maximum atomic E-state index is 12.0. The van der Waals surface area contributed by atoms with Crippen molar-refractivity contribution in [3.8, 4) is 0 Å². The van der Waals surface area contributed by atoms with Crippen LogP contribution in [0.4, 0.5) is 11.4 Å². The number of hydrogen-bond donors (Lipinski definition) is 2. The molecule has 5 nitrogen and oxygen atoms in total. The summed E-state index contributed by atoms with van der Waals surface area (Å²) in [5.74, 6) is -0.0356. The van der Waals surface area contributed by atoms with Gasteiger partial charge in [0.05, 0.1) is 13.2 Å². The third kappa shape index (κ3) is 5.59. The second-order valence-corrected chi connectivity index (χ2v) is 4.69. The summed E-state index contributed by atoms with van der Waals surface area (Å²) in [4.78, 5) is 14.0. The summed E-state index contributed by atoms with van der Waals surface area (Å²) in [7, 11) is 0. The summed E-state index contributed by atoms with van der Waals surface area (Å²) >= 11 is 0. The lowest BCUT2D eigenvalue weighted by atomic mass is 10.2. The van der Waals surface area contributed by atoms with Gasteiger partial charge in [-0.2, -0.15) is 0 Å². The van der Waals surface area contributed by atoms with Crippen molar-refractivity contribution in [3.05, 3.63) is 23.8 Å². The minimum Gasteiger partial charge on any atom is -0.398 e. The van der Waals surface area contributed by atoms with Gasteiger partial charge >= 0.3 is 0 Å². The zero-order valence-electron chi connectivity index (χ0n) is 12.6. The molecule has 3 N–H and O–H groups in total.